The van der Waals surface area contributed by atoms with E-state index in [9.17, 15) is 10.1 Å². The number of nitrogens with one attached hydrogen (secondary N) is 2. The van der Waals surface area contributed by atoms with Gasteiger partial charge in [0.05, 0.1) is 4.92 Å². The number of rotatable bonds is 6. The molecule has 0 saturated heterocycles. The van der Waals surface area contributed by atoms with Crippen LogP contribution in [0.4, 0.5) is 17.3 Å². The third-order valence-electron chi connectivity index (χ3n) is 3.01. The molecule has 1 aliphatic carbocycles. The third-order valence-corrected chi connectivity index (χ3v) is 3.01. The molecule has 0 aliphatic heterocycles. The standard InChI is InChI=1S/C11H17N5O2/c1-7(5-8-3-4-8)15-11-9(16(17)18)10(12-2)13-6-14-11/h6-8H,3-5H2,1-2H3,(H2,12,13,14,15). The highest BCUT2D eigenvalue weighted by atomic mass is 16.6. The molecule has 18 heavy (non-hydrogen) atoms. The summed E-state index contributed by atoms with van der Waals surface area (Å²) in [4.78, 5) is 18.4. The molecule has 7 heteroatoms. The molecule has 0 amide bonds. The maximum atomic E-state index is 11.1. The zero-order valence-corrected chi connectivity index (χ0v) is 10.5. The van der Waals surface area contributed by atoms with E-state index in [1.54, 1.807) is 7.05 Å². The molecule has 7 nitrogen and oxygen atoms in total. The Balaban J connectivity index is 2.17. The lowest BCUT2D eigenvalue weighted by Gasteiger charge is -2.14. The van der Waals surface area contributed by atoms with Crippen molar-refractivity contribution in [3.8, 4) is 0 Å². The molecule has 1 heterocycles. The van der Waals surface area contributed by atoms with Gasteiger partial charge in [0.1, 0.15) is 6.33 Å². The number of anilines is 2. The molecule has 1 unspecified atom stereocenters. The molecule has 2 rings (SSSR count). The summed E-state index contributed by atoms with van der Waals surface area (Å²) >= 11 is 0. The quantitative estimate of drug-likeness (QED) is 0.593. The van der Waals surface area contributed by atoms with Gasteiger partial charge >= 0.3 is 5.69 Å². The Morgan fingerprint density at radius 1 is 1.50 bits per heavy atom. The van der Waals surface area contributed by atoms with Gasteiger partial charge in [-0.25, -0.2) is 9.97 Å². The fourth-order valence-electron chi connectivity index (χ4n) is 1.99. The van der Waals surface area contributed by atoms with Gasteiger partial charge in [-0.2, -0.15) is 0 Å². The monoisotopic (exact) mass is 251 g/mol. The van der Waals surface area contributed by atoms with E-state index in [1.165, 1.54) is 19.2 Å². The van der Waals surface area contributed by atoms with Gasteiger partial charge in [0.25, 0.3) is 0 Å². The molecule has 0 radical (unpaired) electrons. The Hall–Kier alpha value is -1.92. The average molecular weight is 251 g/mol. The second-order valence-corrected chi connectivity index (χ2v) is 4.65. The molecule has 1 aromatic rings. The summed E-state index contributed by atoms with van der Waals surface area (Å²) in [5.41, 5.74) is -0.0948. The Bertz CT molecular complexity index is 447. The summed E-state index contributed by atoms with van der Waals surface area (Å²) in [5.74, 6) is 1.28. The first-order chi connectivity index (χ1) is 8.61. The second kappa shape index (κ2) is 5.16. The summed E-state index contributed by atoms with van der Waals surface area (Å²) in [6, 6.07) is 0.177. The molecular formula is C11H17N5O2. The van der Waals surface area contributed by atoms with Gasteiger partial charge in [0.2, 0.25) is 11.6 Å². The summed E-state index contributed by atoms with van der Waals surface area (Å²) in [5, 5.41) is 16.9. The lowest BCUT2D eigenvalue weighted by molar-refractivity contribution is -0.383. The summed E-state index contributed by atoms with van der Waals surface area (Å²) < 4.78 is 0. The molecule has 0 bridgehead atoms. The van der Waals surface area contributed by atoms with Crippen LogP contribution in [0.15, 0.2) is 6.33 Å². The van der Waals surface area contributed by atoms with Crippen molar-refractivity contribution >= 4 is 17.3 Å². The van der Waals surface area contributed by atoms with Crippen molar-refractivity contribution in [2.24, 2.45) is 5.92 Å². The predicted molar refractivity (Wildman–Crippen MR) is 68.7 cm³/mol. The zero-order valence-electron chi connectivity index (χ0n) is 10.5. The first-order valence-electron chi connectivity index (χ1n) is 6.05. The van der Waals surface area contributed by atoms with Gasteiger partial charge in [-0.05, 0) is 19.3 Å². The van der Waals surface area contributed by atoms with Crippen molar-refractivity contribution in [3.05, 3.63) is 16.4 Å². The number of aromatic nitrogens is 2. The average Bonchev–Trinajstić information content (AvgIpc) is 3.11. The van der Waals surface area contributed by atoms with Crippen LogP contribution in [-0.2, 0) is 0 Å². The van der Waals surface area contributed by atoms with Crippen LogP contribution in [0.1, 0.15) is 26.2 Å². The van der Waals surface area contributed by atoms with Crippen molar-refractivity contribution < 1.29 is 4.92 Å². The van der Waals surface area contributed by atoms with Crippen LogP contribution in [-0.4, -0.2) is 28.0 Å². The van der Waals surface area contributed by atoms with Crippen molar-refractivity contribution in [1.82, 2.24) is 9.97 Å². The van der Waals surface area contributed by atoms with Gasteiger partial charge in [-0.15, -0.1) is 0 Å². The molecule has 1 atom stereocenters. The van der Waals surface area contributed by atoms with Gasteiger partial charge < -0.3 is 10.6 Å². The van der Waals surface area contributed by atoms with E-state index in [4.69, 9.17) is 0 Å². The Morgan fingerprint density at radius 3 is 2.72 bits per heavy atom. The first kappa shape index (κ1) is 12.5. The Morgan fingerprint density at radius 2 is 2.17 bits per heavy atom. The zero-order chi connectivity index (χ0) is 13.1. The van der Waals surface area contributed by atoms with Gasteiger partial charge in [0, 0.05) is 13.1 Å². The van der Waals surface area contributed by atoms with E-state index < -0.39 is 4.92 Å². The lowest BCUT2D eigenvalue weighted by Crippen LogP contribution is -2.18. The van der Waals surface area contributed by atoms with Crippen molar-refractivity contribution in [3.63, 3.8) is 0 Å². The van der Waals surface area contributed by atoms with Crippen molar-refractivity contribution in [1.29, 1.82) is 0 Å². The maximum absolute atomic E-state index is 11.1. The highest BCUT2D eigenvalue weighted by Gasteiger charge is 2.27. The van der Waals surface area contributed by atoms with Gasteiger partial charge in [0.15, 0.2) is 0 Å². The van der Waals surface area contributed by atoms with E-state index >= 15 is 0 Å². The summed E-state index contributed by atoms with van der Waals surface area (Å²) in [6.45, 7) is 2.02. The minimum absolute atomic E-state index is 0.0948. The summed E-state index contributed by atoms with van der Waals surface area (Å²) in [7, 11) is 1.60. The largest absolute Gasteiger partial charge is 0.367 e. The second-order valence-electron chi connectivity index (χ2n) is 4.65. The van der Waals surface area contributed by atoms with E-state index in [2.05, 4.69) is 20.6 Å². The van der Waals surface area contributed by atoms with E-state index in [1.807, 2.05) is 6.92 Å². The molecule has 98 valence electrons. The van der Waals surface area contributed by atoms with Crippen LogP contribution in [0.5, 0.6) is 0 Å². The number of nitro groups is 1. The molecule has 1 saturated carbocycles. The van der Waals surface area contributed by atoms with Crippen LogP contribution in [0, 0.1) is 16.0 Å². The fraction of sp³-hybridized carbons (Fsp3) is 0.636. The van der Waals surface area contributed by atoms with Crippen LogP contribution < -0.4 is 10.6 Å². The SMILES string of the molecule is CNc1ncnc(NC(C)CC2CC2)c1[N+](=O)[O-]. The van der Waals surface area contributed by atoms with Crippen LogP contribution >= 0.6 is 0 Å². The van der Waals surface area contributed by atoms with Crippen molar-refractivity contribution in [2.45, 2.75) is 32.2 Å². The lowest BCUT2D eigenvalue weighted by atomic mass is 10.1. The smallest absolute Gasteiger partial charge is 0.353 e. The fourth-order valence-corrected chi connectivity index (χ4v) is 1.99. The van der Waals surface area contributed by atoms with Crippen LogP contribution in [0.25, 0.3) is 0 Å². The Kier molecular flexibility index (Phi) is 3.59. The highest BCUT2D eigenvalue weighted by molar-refractivity contribution is 5.69. The predicted octanol–water partition coefficient (Wildman–Crippen LogP) is 2.03. The highest BCUT2D eigenvalue weighted by Crippen LogP contribution is 2.35. The van der Waals surface area contributed by atoms with Crippen molar-refractivity contribution in [2.75, 3.05) is 17.7 Å². The van der Waals surface area contributed by atoms with Gasteiger partial charge in [-0.3, -0.25) is 10.1 Å². The van der Waals surface area contributed by atoms with Crippen LogP contribution in [0.2, 0.25) is 0 Å². The van der Waals surface area contributed by atoms with E-state index in [0.29, 0.717) is 0 Å². The van der Waals surface area contributed by atoms with E-state index in [0.717, 1.165) is 12.3 Å². The first-order valence-corrected chi connectivity index (χ1v) is 6.05. The molecule has 0 aromatic carbocycles. The minimum atomic E-state index is -0.460. The molecule has 1 aliphatic rings. The normalized spacial score (nSPS) is 16.1. The molecule has 1 aromatic heterocycles. The van der Waals surface area contributed by atoms with Gasteiger partial charge in [-0.1, -0.05) is 12.8 Å². The minimum Gasteiger partial charge on any atom is -0.367 e. The molecule has 2 N–H and O–H groups in total. The molecule has 0 spiro atoms. The maximum Gasteiger partial charge on any atom is 0.353 e. The van der Waals surface area contributed by atoms with E-state index in [-0.39, 0.29) is 23.4 Å². The molecule has 1 fully saturated rings. The van der Waals surface area contributed by atoms with Crippen LogP contribution in [0.3, 0.4) is 0 Å². The topological polar surface area (TPSA) is 93.0 Å². The number of hydrogen-bond donors (Lipinski definition) is 2. The number of hydrogen-bond acceptors (Lipinski definition) is 6. The third kappa shape index (κ3) is 2.85. The molecular weight excluding hydrogens is 234 g/mol. The summed E-state index contributed by atoms with van der Waals surface area (Å²) in [6.07, 6.45) is 4.88. The Labute approximate surface area is 105 Å². The number of nitrogens with zero attached hydrogens (tertiary/aromatic N) is 3.